The number of likely N-dealkylation sites (N-methyl/N-ethyl adjacent to an activating group) is 1. The maximum atomic E-state index is 6.46. The van der Waals surface area contributed by atoms with Crippen molar-refractivity contribution in [2.75, 3.05) is 39.8 Å². The van der Waals surface area contributed by atoms with Gasteiger partial charge in [0.1, 0.15) is 11.9 Å². The Labute approximate surface area is 169 Å². The molecule has 0 saturated carbocycles. The van der Waals surface area contributed by atoms with E-state index in [4.69, 9.17) is 4.74 Å². The first-order valence-electron chi connectivity index (χ1n) is 9.03. The Hall–Kier alpha value is -1.26. The van der Waals surface area contributed by atoms with Crippen LogP contribution in [0.25, 0.3) is 0 Å². The van der Waals surface area contributed by atoms with E-state index in [-0.39, 0.29) is 30.9 Å². The van der Waals surface area contributed by atoms with Gasteiger partial charge in [-0.1, -0.05) is 42.5 Å². The topological polar surface area (TPSA) is 15.7 Å². The van der Waals surface area contributed by atoms with Gasteiger partial charge in [0.05, 0.1) is 0 Å². The van der Waals surface area contributed by atoms with Crippen LogP contribution in [0.1, 0.15) is 29.2 Å². The van der Waals surface area contributed by atoms with Gasteiger partial charge >= 0.3 is 0 Å². The number of hydrogen-bond donors (Lipinski definition) is 0. The Morgan fingerprint density at radius 3 is 2.31 bits per heavy atom. The first-order valence-corrected chi connectivity index (χ1v) is 9.03. The highest BCUT2D eigenvalue weighted by Crippen LogP contribution is 2.35. The summed E-state index contributed by atoms with van der Waals surface area (Å²) in [5.74, 6) is 1.05. The smallest absolute Gasteiger partial charge is 0.125 e. The van der Waals surface area contributed by atoms with Crippen molar-refractivity contribution in [3.8, 4) is 5.75 Å². The van der Waals surface area contributed by atoms with Crippen LogP contribution in [0.3, 0.4) is 0 Å². The van der Waals surface area contributed by atoms with Crippen molar-refractivity contribution in [1.82, 2.24) is 9.80 Å². The SMILES string of the molecule is CN1CCN(CCC2Oc3ccccc3Cc3ccccc32)CC1.Cl.Cl. The highest BCUT2D eigenvalue weighted by atomic mass is 35.5. The van der Waals surface area contributed by atoms with Gasteiger partial charge in [0.15, 0.2) is 0 Å². The third-order valence-corrected chi connectivity index (χ3v) is 5.33. The predicted octanol–water partition coefficient (Wildman–Crippen LogP) is 4.19. The zero-order chi connectivity index (χ0) is 16.4. The predicted molar refractivity (Wildman–Crippen MR) is 112 cm³/mol. The first-order chi connectivity index (χ1) is 11.8. The van der Waals surface area contributed by atoms with Crippen LogP contribution >= 0.6 is 24.8 Å². The number of fused-ring (bicyclic) bond motifs is 2. The molecular weight excluding hydrogens is 367 g/mol. The fourth-order valence-corrected chi connectivity index (χ4v) is 3.78. The molecule has 0 aromatic heterocycles. The summed E-state index contributed by atoms with van der Waals surface area (Å²) in [5, 5.41) is 0. The number of piperazine rings is 1. The molecule has 0 amide bonds. The summed E-state index contributed by atoms with van der Waals surface area (Å²) >= 11 is 0. The molecule has 0 radical (unpaired) electrons. The van der Waals surface area contributed by atoms with E-state index < -0.39 is 0 Å². The van der Waals surface area contributed by atoms with E-state index in [1.54, 1.807) is 0 Å². The first kappa shape index (κ1) is 21.0. The van der Waals surface area contributed by atoms with Crippen molar-refractivity contribution in [3.63, 3.8) is 0 Å². The lowest BCUT2D eigenvalue weighted by Gasteiger charge is -2.33. The molecule has 0 bridgehead atoms. The number of ether oxygens (including phenoxy) is 1. The normalized spacial score (nSPS) is 19.8. The fraction of sp³-hybridized carbons (Fsp3) is 0.429. The van der Waals surface area contributed by atoms with Gasteiger partial charge in [-0.25, -0.2) is 0 Å². The average Bonchev–Trinajstić information content (AvgIpc) is 2.77. The lowest BCUT2D eigenvalue weighted by atomic mass is 9.96. The Bertz CT molecular complexity index is 702. The highest BCUT2D eigenvalue weighted by molar-refractivity contribution is 5.85. The molecule has 5 heteroatoms. The summed E-state index contributed by atoms with van der Waals surface area (Å²) in [6.45, 7) is 5.79. The molecule has 0 spiro atoms. The maximum absolute atomic E-state index is 6.46. The Balaban J connectivity index is 0.00000121. The van der Waals surface area contributed by atoms with Gasteiger partial charge < -0.3 is 14.5 Å². The van der Waals surface area contributed by atoms with Crippen LogP contribution in [-0.2, 0) is 6.42 Å². The van der Waals surface area contributed by atoms with Crippen molar-refractivity contribution in [2.45, 2.75) is 18.9 Å². The number of nitrogens with zero attached hydrogens (tertiary/aromatic N) is 2. The Morgan fingerprint density at radius 2 is 1.54 bits per heavy atom. The molecule has 1 fully saturated rings. The summed E-state index contributed by atoms with van der Waals surface area (Å²) in [7, 11) is 2.21. The minimum Gasteiger partial charge on any atom is -0.485 e. The molecule has 0 aliphatic carbocycles. The van der Waals surface area contributed by atoms with Crippen molar-refractivity contribution in [2.24, 2.45) is 0 Å². The molecule has 142 valence electrons. The Morgan fingerprint density at radius 1 is 0.885 bits per heavy atom. The molecule has 4 rings (SSSR count). The van der Waals surface area contributed by atoms with Crippen LogP contribution in [-0.4, -0.2) is 49.6 Å². The second-order valence-electron chi connectivity index (χ2n) is 7.02. The lowest BCUT2D eigenvalue weighted by Crippen LogP contribution is -2.45. The number of benzene rings is 2. The molecule has 2 aromatic rings. The van der Waals surface area contributed by atoms with Crippen molar-refractivity contribution >= 4 is 24.8 Å². The molecule has 3 nitrogen and oxygen atoms in total. The van der Waals surface area contributed by atoms with Gasteiger partial charge in [-0.05, 0) is 29.8 Å². The highest BCUT2D eigenvalue weighted by Gasteiger charge is 2.24. The molecule has 1 atom stereocenters. The minimum atomic E-state index is 0. The summed E-state index contributed by atoms with van der Waals surface area (Å²) in [5.41, 5.74) is 4.07. The standard InChI is InChI=1S/C21H26N2O.2ClH/c1-22-12-14-23(15-13-22)11-10-21-19-8-4-2-6-17(19)16-18-7-3-5-9-20(18)24-21;;/h2-9,21H,10-16H2,1H3;2*1H. The summed E-state index contributed by atoms with van der Waals surface area (Å²) < 4.78 is 6.46. The van der Waals surface area contributed by atoms with Crippen LogP contribution in [0.2, 0.25) is 0 Å². The summed E-state index contributed by atoms with van der Waals surface area (Å²) in [6.07, 6.45) is 2.18. The molecule has 1 unspecified atom stereocenters. The van der Waals surface area contributed by atoms with Gasteiger partial charge in [-0.15, -0.1) is 24.8 Å². The van der Waals surface area contributed by atoms with E-state index in [2.05, 4.69) is 65.4 Å². The van der Waals surface area contributed by atoms with Crippen molar-refractivity contribution < 1.29 is 4.74 Å². The third-order valence-electron chi connectivity index (χ3n) is 5.33. The minimum absolute atomic E-state index is 0. The second kappa shape index (κ2) is 9.61. The zero-order valence-electron chi connectivity index (χ0n) is 15.3. The molecule has 1 saturated heterocycles. The third kappa shape index (κ3) is 4.72. The molecule has 2 heterocycles. The van der Waals surface area contributed by atoms with E-state index in [0.717, 1.165) is 25.1 Å². The molecule has 2 aliphatic rings. The Kier molecular flexibility index (Phi) is 7.78. The maximum Gasteiger partial charge on any atom is 0.125 e. The van der Waals surface area contributed by atoms with E-state index in [0.29, 0.717) is 0 Å². The van der Waals surface area contributed by atoms with Crippen LogP contribution in [0, 0.1) is 0 Å². The van der Waals surface area contributed by atoms with Gasteiger partial charge in [-0.2, -0.15) is 0 Å². The number of halogens is 2. The molecular formula is C21H28Cl2N2O. The number of rotatable bonds is 3. The number of hydrogen-bond acceptors (Lipinski definition) is 3. The fourth-order valence-electron chi connectivity index (χ4n) is 3.78. The monoisotopic (exact) mass is 394 g/mol. The van der Waals surface area contributed by atoms with Gasteiger partial charge in [0, 0.05) is 45.6 Å². The van der Waals surface area contributed by atoms with Gasteiger partial charge in [-0.3, -0.25) is 0 Å². The summed E-state index contributed by atoms with van der Waals surface area (Å²) in [4.78, 5) is 4.98. The van der Waals surface area contributed by atoms with Gasteiger partial charge in [0.2, 0.25) is 0 Å². The quantitative estimate of drug-likeness (QED) is 0.775. The van der Waals surface area contributed by atoms with Crippen LogP contribution in [0.15, 0.2) is 48.5 Å². The molecule has 0 N–H and O–H groups in total. The van der Waals surface area contributed by atoms with Crippen LogP contribution in [0.5, 0.6) is 5.75 Å². The van der Waals surface area contributed by atoms with Crippen molar-refractivity contribution in [3.05, 3.63) is 65.2 Å². The number of para-hydroxylation sites is 1. The van der Waals surface area contributed by atoms with E-state index in [1.807, 2.05) is 0 Å². The van der Waals surface area contributed by atoms with E-state index in [1.165, 1.54) is 42.9 Å². The zero-order valence-corrected chi connectivity index (χ0v) is 16.9. The average molecular weight is 395 g/mol. The van der Waals surface area contributed by atoms with Crippen molar-refractivity contribution in [1.29, 1.82) is 0 Å². The van der Waals surface area contributed by atoms with E-state index in [9.17, 15) is 0 Å². The summed E-state index contributed by atoms with van der Waals surface area (Å²) in [6, 6.07) is 17.3. The molecule has 2 aromatic carbocycles. The largest absolute Gasteiger partial charge is 0.485 e. The lowest BCUT2D eigenvalue weighted by molar-refractivity contribution is 0.123. The van der Waals surface area contributed by atoms with E-state index >= 15 is 0 Å². The van der Waals surface area contributed by atoms with Crippen LogP contribution in [0.4, 0.5) is 0 Å². The molecule has 2 aliphatic heterocycles. The van der Waals surface area contributed by atoms with Gasteiger partial charge in [0.25, 0.3) is 0 Å². The second-order valence-corrected chi connectivity index (χ2v) is 7.02. The van der Waals surface area contributed by atoms with Crippen LogP contribution < -0.4 is 4.74 Å². The molecule has 26 heavy (non-hydrogen) atoms.